The summed E-state index contributed by atoms with van der Waals surface area (Å²) in [6, 6.07) is 13.7. The van der Waals surface area contributed by atoms with Gasteiger partial charge in [0.15, 0.2) is 5.78 Å². The van der Waals surface area contributed by atoms with Crippen molar-refractivity contribution in [1.82, 2.24) is 0 Å². The van der Waals surface area contributed by atoms with Crippen LogP contribution in [-0.2, 0) is 34.7 Å². The van der Waals surface area contributed by atoms with Crippen molar-refractivity contribution in [2.24, 2.45) is 11.8 Å². The smallest absolute Gasteiger partial charge is 0.308 e. The lowest BCUT2D eigenvalue weighted by atomic mass is 9.53. The SMILES string of the molecule is CCOC(=O)C1CCC(C(=O)C2(c3ccc(O)cc3)CCC(C(=O)OCC)CC2)(c2ccc(O)cc2)CC1. The summed E-state index contributed by atoms with van der Waals surface area (Å²) in [7, 11) is 0. The molecule has 0 atom stereocenters. The zero-order chi connectivity index (χ0) is 27.3. The van der Waals surface area contributed by atoms with Gasteiger partial charge in [-0.1, -0.05) is 24.3 Å². The summed E-state index contributed by atoms with van der Waals surface area (Å²) < 4.78 is 10.6. The molecule has 2 aliphatic carbocycles. The molecule has 0 unspecified atom stereocenters. The molecule has 0 radical (unpaired) electrons. The zero-order valence-electron chi connectivity index (χ0n) is 22.3. The minimum atomic E-state index is -0.856. The van der Waals surface area contributed by atoms with Gasteiger partial charge in [0.25, 0.3) is 0 Å². The Hall–Kier alpha value is -3.35. The normalized spacial score (nSPS) is 27.3. The molecule has 7 nitrogen and oxygen atoms in total. The van der Waals surface area contributed by atoms with Crippen molar-refractivity contribution >= 4 is 17.7 Å². The molecule has 2 aromatic rings. The van der Waals surface area contributed by atoms with Crippen LogP contribution in [0.2, 0.25) is 0 Å². The molecule has 0 bridgehead atoms. The van der Waals surface area contributed by atoms with Crippen LogP contribution in [-0.4, -0.2) is 41.1 Å². The third-order valence-corrected chi connectivity index (χ3v) is 8.63. The summed E-state index contributed by atoms with van der Waals surface area (Å²) in [5, 5.41) is 19.9. The maximum atomic E-state index is 15.0. The first-order chi connectivity index (χ1) is 18.3. The Kier molecular flexibility index (Phi) is 8.44. The highest BCUT2D eigenvalue weighted by Crippen LogP contribution is 2.52. The first kappa shape index (κ1) is 27.7. The van der Waals surface area contributed by atoms with E-state index in [4.69, 9.17) is 9.47 Å². The number of carbonyl (C=O) groups is 3. The van der Waals surface area contributed by atoms with Gasteiger partial charge in [-0.15, -0.1) is 0 Å². The van der Waals surface area contributed by atoms with E-state index < -0.39 is 10.8 Å². The minimum absolute atomic E-state index is 0.0750. The lowest BCUT2D eigenvalue weighted by molar-refractivity contribution is -0.151. The molecule has 38 heavy (non-hydrogen) atoms. The number of rotatable bonds is 8. The maximum absolute atomic E-state index is 15.0. The van der Waals surface area contributed by atoms with E-state index in [0.717, 1.165) is 11.1 Å². The molecule has 0 aliphatic heterocycles. The Bertz CT molecular complexity index is 1030. The molecule has 0 saturated heterocycles. The number of benzene rings is 2. The van der Waals surface area contributed by atoms with Crippen LogP contribution in [0.25, 0.3) is 0 Å². The third kappa shape index (κ3) is 5.29. The Labute approximate surface area is 224 Å². The fourth-order valence-corrected chi connectivity index (χ4v) is 6.53. The van der Waals surface area contributed by atoms with E-state index in [2.05, 4.69) is 0 Å². The van der Waals surface area contributed by atoms with Gasteiger partial charge in [0.2, 0.25) is 0 Å². The minimum Gasteiger partial charge on any atom is -0.508 e. The molecule has 2 N–H and O–H groups in total. The second-order valence-corrected chi connectivity index (χ2v) is 10.6. The molecule has 0 amide bonds. The predicted octanol–water partition coefficient (Wildman–Crippen LogP) is 5.35. The second kappa shape index (κ2) is 11.6. The molecule has 4 rings (SSSR count). The topological polar surface area (TPSA) is 110 Å². The van der Waals surface area contributed by atoms with Crippen molar-refractivity contribution in [2.75, 3.05) is 13.2 Å². The van der Waals surface area contributed by atoms with Gasteiger partial charge < -0.3 is 19.7 Å². The van der Waals surface area contributed by atoms with Gasteiger partial charge in [-0.25, -0.2) is 0 Å². The van der Waals surface area contributed by atoms with Crippen molar-refractivity contribution in [3.05, 3.63) is 59.7 Å². The lowest BCUT2D eigenvalue weighted by Crippen LogP contribution is -2.53. The summed E-state index contributed by atoms with van der Waals surface area (Å²) in [6.07, 6.45) is 4.07. The van der Waals surface area contributed by atoms with Crippen molar-refractivity contribution in [3.63, 3.8) is 0 Å². The van der Waals surface area contributed by atoms with Crippen LogP contribution in [0, 0.1) is 11.8 Å². The fraction of sp³-hybridized carbons (Fsp3) is 0.516. The summed E-state index contributed by atoms with van der Waals surface area (Å²) >= 11 is 0. The Morgan fingerprint density at radius 1 is 0.658 bits per heavy atom. The standard InChI is InChI=1S/C31H38O7/c1-3-37-27(34)21-13-17-30(18-14-21,23-5-9-25(32)10-6-23)29(36)31(24-7-11-26(33)12-8-24)19-15-22(16-20-31)28(35)38-4-2/h5-12,21-22,32-33H,3-4,13-20H2,1-2H3. The third-order valence-electron chi connectivity index (χ3n) is 8.63. The fourth-order valence-electron chi connectivity index (χ4n) is 6.53. The average molecular weight is 523 g/mol. The highest BCUT2D eigenvalue weighted by Gasteiger charge is 2.55. The number of hydrogen-bond donors (Lipinski definition) is 2. The highest BCUT2D eigenvalue weighted by atomic mass is 16.5. The molecule has 2 aliphatic rings. The second-order valence-electron chi connectivity index (χ2n) is 10.6. The average Bonchev–Trinajstić information content (AvgIpc) is 2.94. The molecule has 2 aromatic carbocycles. The number of Topliss-reactive ketones (excluding diaryl/α,β-unsaturated/α-hetero) is 1. The maximum Gasteiger partial charge on any atom is 0.308 e. The zero-order valence-corrected chi connectivity index (χ0v) is 22.3. The Balaban J connectivity index is 1.74. The molecule has 2 saturated carbocycles. The van der Waals surface area contributed by atoms with Crippen LogP contribution in [0.4, 0.5) is 0 Å². The quantitative estimate of drug-likeness (QED) is 0.450. The van der Waals surface area contributed by atoms with Gasteiger partial charge in [-0.05, 0) is 101 Å². The van der Waals surface area contributed by atoms with Crippen molar-refractivity contribution in [3.8, 4) is 11.5 Å². The van der Waals surface area contributed by atoms with Gasteiger partial charge in [0.1, 0.15) is 11.5 Å². The predicted molar refractivity (Wildman–Crippen MR) is 142 cm³/mol. The molecule has 0 heterocycles. The van der Waals surface area contributed by atoms with Crippen LogP contribution in [0.3, 0.4) is 0 Å². The highest BCUT2D eigenvalue weighted by molar-refractivity contribution is 5.99. The number of phenolic OH excluding ortho intramolecular Hbond substituents is 2. The van der Waals surface area contributed by atoms with Gasteiger partial charge in [-0.3, -0.25) is 14.4 Å². The molecule has 0 aromatic heterocycles. The van der Waals surface area contributed by atoms with Crippen LogP contribution in [0.1, 0.15) is 76.3 Å². The number of hydrogen-bond acceptors (Lipinski definition) is 7. The molecule has 7 heteroatoms. The van der Waals surface area contributed by atoms with Gasteiger partial charge >= 0.3 is 11.9 Å². The molecular formula is C31H38O7. The largest absolute Gasteiger partial charge is 0.508 e. The monoisotopic (exact) mass is 522 g/mol. The summed E-state index contributed by atoms with van der Waals surface area (Å²) in [5.74, 6) is -0.621. The van der Waals surface area contributed by atoms with Gasteiger partial charge in [0.05, 0.1) is 35.9 Å². The first-order valence-electron chi connectivity index (χ1n) is 13.7. The van der Waals surface area contributed by atoms with Crippen LogP contribution < -0.4 is 0 Å². The lowest BCUT2D eigenvalue weighted by Gasteiger charge is -2.48. The van der Waals surface area contributed by atoms with Crippen molar-refractivity contribution in [1.29, 1.82) is 0 Å². The van der Waals surface area contributed by atoms with Crippen LogP contribution >= 0.6 is 0 Å². The van der Waals surface area contributed by atoms with E-state index in [0.29, 0.717) is 64.6 Å². The summed E-state index contributed by atoms with van der Waals surface area (Å²) in [4.78, 5) is 40.1. The molecule has 0 spiro atoms. The number of ketones is 1. The van der Waals surface area contributed by atoms with E-state index in [1.54, 1.807) is 38.1 Å². The number of phenols is 2. The van der Waals surface area contributed by atoms with E-state index in [1.807, 2.05) is 24.3 Å². The van der Waals surface area contributed by atoms with Crippen molar-refractivity contribution < 1.29 is 34.1 Å². The molecule has 204 valence electrons. The molecular weight excluding hydrogens is 484 g/mol. The summed E-state index contributed by atoms with van der Waals surface area (Å²) in [6.45, 7) is 4.23. The van der Waals surface area contributed by atoms with E-state index >= 15 is 4.79 Å². The van der Waals surface area contributed by atoms with Crippen LogP contribution in [0.15, 0.2) is 48.5 Å². The van der Waals surface area contributed by atoms with E-state index in [9.17, 15) is 19.8 Å². The number of carbonyl (C=O) groups excluding carboxylic acids is 3. The first-order valence-corrected chi connectivity index (χ1v) is 13.7. The number of aromatic hydroxyl groups is 2. The number of esters is 2. The molecule has 2 fully saturated rings. The van der Waals surface area contributed by atoms with E-state index in [1.165, 1.54) is 0 Å². The summed E-state index contributed by atoms with van der Waals surface area (Å²) in [5.41, 5.74) is -0.0574. The van der Waals surface area contributed by atoms with Gasteiger partial charge in [0, 0.05) is 0 Å². The van der Waals surface area contributed by atoms with Gasteiger partial charge in [-0.2, -0.15) is 0 Å². The van der Waals surface area contributed by atoms with Crippen LogP contribution in [0.5, 0.6) is 11.5 Å². The van der Waals surface area contributed by atoms with Crippen molar-refractivity contribution in [2.45, 2.75) is 76.0 Å². The van der Waals surface area contributed by atoms with E-state index in [-0.39, 0.29) is 41.1 Å². The Morgan fingerprint density at radius 2 is 0.974 bits per heavy atom. The Morgan fingerprint density at radius 3 is 1.26 bits per heavy atom. The number of ether oxygens (including phenoxy) is 2.